The van der Waals surface area contributed by atoms with Crippen LogP contribution in [-0.2, 0) is 0 Å². The zero-order valence-corrected chi connectivity index (χ0v) is 15.7. The first-order valence-corrected chi connectivity index (χ1v) is 8.46. The van der Waals surface area contributed by atoms with E-state index in [1.807, 2.05) is 48.5 Å². The van der Waals surface area contributed by atoms with E-state index in [-0.39, 0.29) is 5.75 Å². The van der Waals surface area contributed by atoms with Gasteiger partial charge in [0.05, 0.1) is 21.3 Å². The molecule has 0 fully saturated rings. The molecule has 0 atom stereocenters. The predicted molar refractivity (Wildman–Crippen MR) is 108 cm³/mol. The lowest BCUT2D eigenvalue weighted by Crippen LogP contribution is -1.90. The highest BCUT2D eigenvalue weighted by molar-refractivity contribution is 5.80. The van der Waals surface area contributed by atoms with Crippen molar-refractivity contribution in [3.05, 3.63) is 78.4 Å². The second-order valence-electron chi connectivity index (χ2n) is 6.04. The van der Waals surface area contributed by atoms with Crippen molar-refractivity contribution in [1.82, 2.24) is 0 Å². The van der Waals surface area contributed by atoms with Gasteiger partial charge in [0, 0.05) is 6.07 Å². The molecule has 0 aliphatic carbocycles. The number of hydrogen-bond acceptors (Lipinski definition) is 4. The van der Waals surface area contributed by atoms with Crippen molar-refractivity contribution >= 4 is 5.57 Å². The molecule has 4 heteroatoms. The van der Waals surface area contributed by atoms with E-state index in [2.05, 4.69) is 6.58 Å². The molecule has 0 radical (unpaired) electrons. The fraction of sp³-hybridized carbons (Fsp3) is 0.130. The zero-order valence-electron chi connectivity index (χ0n) is 15.7. The van der Waals surface area contributed by atoms with E-state index in [9.17, 15) is 5.11 Å². The SMILES string of the molecule is C=C(c1ccc(-c2cc(OC)cc(OC)c2)cc1)c1ccc(OC)c(O)c1. The lowest BCUT2D eigenvalue weighted by atomic mass is 9.96. The zero-order chi connectivity index (χ0) is 19.4. The Hall–Kier alpha value is -3.40. The van der Waals surface area contributed by atoms with E-state index in [0.29, 0.717) is 5.75 Å². The standard InChI is InChI=1S/C23H22O4/c1-15(18-9-10-23(27-4)22(24)13-18)16-5-7-17(8-6-16)19-11-20(25-2)14-21(12-19)26-3/h5-14,24H,1H2,2-4H3. The summed E-state index contributed by atoms with van der Waals surface area (Å²) >= 11 is 0. The van der Waals surface area contributed by atoms with Crippen molar-refractivity contribution in [2.45, 2.75) is 0 Å². The van der Waals surface area contributed by atoms with Crippen molar-refractivity contribution in [2.24, 2.45) is 0 Å². The third kappa shape index (κ3) is 3.90. The first-order valence-electron chi connectivity index (χ1n) is 8.46. The van der Waals surface area contributed by atoms with Crippen molar-refractivity contribution in [2.75, 3.05) is 21.3 Å². The molecule has 0 saturated carbocycles. The molecule has 0 aromatic heterocycles. The highest BCUT2D eigenvalue weighted by Gasteiger charge is 2.09. The van der Waals surface area contributed by atoms with Crippen LogP contribution in [0.1, 0.15) is 11.1 Å². The quantitative estimate of drug-likeness (QED) is 0.659. The number of phenols is 1. The van der Waals surface area contributed by atoms with Crippen LogP contribution in [-0.4, -0.2) is 26.4 Å². The minimum atomic E-state index is 0.0937. The molecular weight excluding hydrogens is 340 g/mol. The summed E-state index contributed by atoms with van der Waals surface area (Å²) in [5.41, 5.74) is 4.68. The summed E-state index contributed by atoms with van der Waals surface area (Å²) in [6.45, 7) is 4.16. The van der Waals surface area contributed by atoms with Crippen molar-refractivity contribution in [3.8, 4) is 34.1 Å². The molecule has 138 valence electrons. The monoisotopic (exact) mass is 362 g/mol. The van der Waals surface area contributed by atoms with E-state index >= 15 is 0 Å². The summed E-state index contributed by atoms with van der Waals surface area (Å²) in [7, 11) is 4.79. The smallest absolute Gasteiger partial charge is 0.160 e. The largest absolute Gasteiger partial charge is 0.504 e. The molecule has 3 aromatic carbocycles. The van der Waals surface area contributed by atoms with E-state index in [4.69, 9.17) is 14.2 Å². The normalized spacial score (nSPS) is 10.3. The van der Waals surface area contributed by atoms with E-state index in [1.54, 1.807) is 26.4 Å². The van der Waals surface area contributed by atoms with E-state index < -0.39 is 0 Å². The van der Waals surface area contributed by atoms with Gasteiger partial charge in [-0.1, -0.05) is 36.9 Å². The van der Waals surface area contributed by atoms with E-state index in [0.717, 1.165) is 39.3 Å². The molecule has 0 aliphatic heterocycles. The minimum Gasteiger partial charge on any atom is -0.504 e. The van der Waals surface area contributed by atoms with Crippen LogP contribution in [0.4, 0.5) is 0 Å². The molecule has 3 rings (SSSR count). The Kier molecular flexibility index (Phi) is 5.36. The minimum absolute atomic E-state index is 0.0937. The van der Waals surface area contributed by atoms with Gasteiger partial charge < -0.3 is 19.3 Å². The molecule has 0 unspecified atom stereocenters. The molecular formula is C23H22O4. The maximum absolute atomic E-state index is 9.99. The third-order valence-electron chi connectivity index (χ3n) is 4.45. The second-order valence-corrected chi connectivity index (χ2v) is 6.04. The molecule has 0 aliphatic rings. The molecule has 0 heterocycles. The van der Waals surface area contributed by atoms with Crippen LogP contribution in [0, 0.1) is 0 Å². The van der Waals surface area contributed by atoms with Gasteiger partial charge in [-0.25, -0.2) is 0 Å². The van der Waals surface area contributed by atoms with Gasteiger partial charge in [0.2, 0.25) is 0 Å². The van der Waals surface area contributed by atoms with E-state index in [1.165, 1.54) is 7.11 Å². The van der Waals surface area contributed by atoms with Crippen molar-refractivity contribution in [3.63, 3.8) is 0 Å². The molecule has 3 aromatic rings. The number of methoxy groups -OCH3 is 3. The van der Waals surface area contributed by atoms with Gasteiger partial charge in [-0.15, -0.1) is 0 Å². The van der Waals surface area contributed by atoms with Gasteiger partial charge in [-0.2, -0.15) is 0 Å². The maximum atomic E-state index is 9.99. The molecule has 27 heavy (non-hydrogen) atoms. The average molecular weight is 362 g/mol. The highest BCUT2D eigenvalue weighted by Crippen LogP contribution is 2.33. The Bertz CT molecular complexity index is 936. The first-order chi connectivity index (χ1) is 13.0. The molecule has 0 spiro atoms. The third-order valence-corrected chi connectivity index (χ3v) is 4.45. The Labute approximate surface area is 159 Å². The number of phenolic OH excluding ortho intramolecular Hbond substituents is 1. The fourth-order valence-electron chi connectivity index (χ4n) is 2.88. The Morgan fingerprint density at radius 3 is 1.81 bits per heavy atom. The van der Waals surface area contributed by atoms with Crippen LogP contribution in [0.25, 0.3) is 16.7 Å². The number of aromatic hydroxyl groups is 1. The topological polar surface area (TPSA) is 47.9 Å². The highest BCUT2D eigenvalue weighted by atomic mass is 16.5. The average Bonchev–Trinajstić information content (AvgIpc) is 2.72. The fourth-order valence-corrected chi connectivity index (χ4v) is 2.88. The summed E-state index contributed by atoms with van der Waals surface area (Å²) in [6, 6.07) is 19.1. The van der Waals surface area contributed by atoms with Gasteiger partial charge in [-0.05, 0) is 52.1 Å². The number of ether oxygens (including phenoxy) is 3. The predicted octanol–water partition coefficient (Wildman–Crippen LogP) is 5.15. The molecule has 0 bridgehead atoms. The summed E-state index contributed by atoms with van der Waals surface area (Å²) in [6.07, 6.45) is 0. The lowest BCUT2D eigenvalue weighted by molar-refractivity contribution is 0.373. The molecule has 1 N–H and O–H groups in total. The Morgan fingerprint density at radius 2 is 1.30 bits per heavy atom. The molecule has 4 nitrogen and oxygen atoms in total. The summed E-state index contributed by atoms with van der Waals surface area (Å²) in [5.74, 6) is 2.02. The van der Waals surface area contributed by atoms with Crippen LogP contribution in [0.3, 0.4) is 0 Å². The first kappa shape index (κ1) is 18.4. The molecule has 0 saturated heterocycles. The van der Waals surface area contributed by atoms with Crippen LogP contribution in [0.5, 0.6) is 23.0 Å². The van der Waals surface area contributed by atoms with Gasteiger partial charge >= 0.3 is 0 Å². The number of hydrogen-bond donors (Lipinski definition) is 1. The van der Waals surface area contributed by atoms with Crippen LogP contribution in [0.15, 0.2) is 67.2 Å². The van der Waals surface area contributed by atoms with Crippen molar-refractivity contribution < 1.29 is 19.3 Å². The summed E-state index contributed by atoms with van der Waals surface area (Å²) < 4.78 is 15.8. The number of benzene rings is 3. The van der Waals surface area contributed by atoms with Gasteiger partial charge in [0.1, 0.15) is 11.5 Å². The molecule has 0 amide bonds. The number of rotatable bonds is 6. The Balaban J connectivity index is 1.89. The maximum Gasteiger partial charge on any atom is 0.160 e. The summed E-state index contributed by atoms with van der Waals surface area (Å²) in [5, 5.41) is 9.99. The van der Waals surface area contributed by atoms with Gasteiger partial charge in [0.15, 0.2) is 11.5 Å². The van der Waals surface area contributed by atoms with Crippen molar-refractivity contribution in [1.29, 1.82) is 0 Å². The van der Waals surface area contributed by atoms with Gasteiger partial charge in [0.25, 0.3) is 0 Å². The van der Waals surface area contributed by atoms with Crippen LogP contribution >= 0.6 is 0 Å². The summed E-state index contributed by atoms with van der Waals surface area (Å²) in [4.78, 5) is 0. The second kappa shape index (κ2) is 7.87. The lowest BCUT2D eigenvalue weighted by Gasteiger charge is -2.11. The van der Waals surface area contributed by atoms with Gasteiger partial charge in [-0.3, -0.25) is 0 Å². The Morgan fingerprint density at radius 1 is 0.704 bits per heavy atom. The van der Waals surface area contributed by atoms with Crippen LogP contribution < -0.4 is 14.2 Å². The van der Waals surface area contributed by atoms with Crippen LogP contribution in [0.2, 0.25) is 0 Å².